The summed E-state index contributed by atoms with van der Waals surface area (Å²) in [4.78, 5) is 0. The second-order valence-electron chi connectivity index (χ2n) is 5.31. The van der Waals surface area contributed by atoms with Crippen LogP contribution in [0, 0.1) is 11.3 Å². The van der Waals surface area contributed by atoms with Gasteiger partial charge in [0.2, 0.25) is 0 Å². The van der Waals surface area contributed by atoms with Gasteiger partial charge in [-0.15, -0.1) is 0 Å². The van der Waals surface area contributed by atoms with E-state index in [1.807, 2.05) is 19.1 Å². The Labute approximate surface area is 116 Å². The van der Waals surface area contributed by atoms with Gasteiger partial charge in [0.15, 0.2) is 0 Å². The van der Waals surface area contributed by atoms with E-state index in [4.69, 9.17) is 10.00 Å². The van der Waals surface area contributed by atoms with Crippen LogP contribution in [0.25, 0.3) is 0 Å². The molecule has 0 aromatic heterocycles. The maximum atomic E-state index is 8.93. The molecule has 0 saturated heterocycles. The third-order valence-corrected chi connectivity index (χ3v) is 3.54. The zero-order chi connectivity index (χ0) is 14.3. The van der Waals surface area contributed by atoms with Gasteiger partial charge in [0.25, 0.3) is 0 Å². The van der Waals surface area contributed by atoms with Crippen LogP contribution in [0.1, 0.15) is 39.7 Å². The molecule has 0 bridgehead atoms. The lowest BCUT2D eigenvalue weighted by Crippen LogP contribution is -2.33. The normalized spacial score (nSPS) is 12.8. The van der Waals surface area contributed by atoms with Gasteiger partial charge >= 0.3 is 0 Å². The van der Waals surface area contributed by atoms with Gasteiger partial charge in [-0.05, 0) is 36.1 Å². The molecule has 0 spiro atoms. The van der Waals surface area contributed by atoms with Gasteiger partial charge in [-0.25, -0.2) is 0 Å². The highest BCUT2D eigenvalue weighted by molar-refractivity contribution is 5.31. The highest BCUT2D eigenvalue weighted by Crippen LogP contribution is 2.27. The molecule has 0 aliphatic heterocycles. The number of likely N-dealkylation sites (N-methyl/N-ethyl adjacent to an activating group) is 1. The molecule has 0 amide bonds. The van der Waals surface area contributed by atoms with E-state index in [0.29, 0.717) is 6.61 Å². The quantitative estimate of drug-likeness (QED) is 0.818. The van der Waals surface area contributed by atoms with Crippen molar-refractivity contribution in [1.29, 1.82) is 5.26 Å². The molecule has 104 valence electrons. The summed E-state index contributed by atoms with van der Waals surface area (Å²) in [5.74, 6) is 0.814. The molecule has 1 N–H and O–H groups in total. The van der Waals surface area contributed by atoms with Gasteiger partial charge in [0.1, 0.15) is 18.4 Å². The van der Waals surface area contributed by atoms with Crippen LogP contribution in [0.4, 0.5) is 0 Å². The van der Waals surface area contributed by atoms with Crippen LogP contribution in [-0.4, -0.2) is 19.2 Å². The van der Waals surface area contributed by atoms with E-state index in [9.17, 15) is 0 Å². The second kappa shape index (κ2) is 7.16. The lowest BCUT2D eigenvalue weighted by Gasteiger charge is -2.23. The van der Waals surface area contributed by atoms with Crippen molar-refractivity contribution < 1.29 is 4.74 Å². The monoisotopic (exact) mass is 260 g/mol. The molecule has 1 unspecified atom stereocenters. The Kier molecular flexibility index (Phi) is 5.85. The molecule has 0 heterocycles. The van der Waals surface area contributed by atoms with E-state index in [1.165, 1.54) is 5.56 Å². The van der Waals surface area contributed by atoms with Crippen LogP contribution in [0.15, 0.2) is 24.3 Å². The van der Waals surface area contributed by atoms with Crippen molar-refractivity contribution in [2.75, 3.05) is 13.2 Å². The Hall–Kier alpha value is -1.53. The molecule has 1 rings (SSSR count). The van der Waals surface area contributed by atoms with Gasteiger partial charge in [-0.1, -0.05) is 39.8 Å². The molecular formula is C16H24N2O. The van der Waals surface area contributed by atoms with E-state index < -0.39 is 0 Å². The highest BCUT2D eigenvalue weighted by atomic mass is 16.5. The van der Waals surface area contributed by atoms with Crippen molar-refractivity contribution >= 4 is 0 Å². The van der Waals surface area contributed by atoms with E-state index in [2.05, 4.69) is 44.3 Å². The maximum absolute atomic E-state index is 8.93. The molecule has 0 fully saturated rings. The number of nitrogens with one attached hydrogen (secondary N) is 1. The fourth-order valence-electron chi connectivity index (χ4n) is 1.77. The summed E-state index contributed by atoms with van der Waals surface area (Å²) in [7, 11) is 0. The average Bonchev–Trinajstić information content (AvgIpc) is 2.44. The molecule has 0 saturated carbocycles. The number of benzene rings is 1. The molecule has 1 aromatic rings. The van der Waals surface area contributed by atoms with Gasteiger partial charge in [0.05, 0.1) is 6.07 Å². The second-order valence-corrected chi connectivity index (χ2v) is 5.31. The highest BCUT2D eigenvalue weighted by Gasteiger charge is 2.17. The summed E-state index contributed by atoms with van der Waals surface area (Å²) in [6, 6.07) is 10.1. The lowest BCUT2D eigenvalue weighted by molar-refractivity contribution is 0.290. The first-order valence-corrected chi connectivity index (χ1v) is 6.89. The summed E-state index contributed by atoms with van der Waals surface area (Å²) in [6.45, 7) is 9.79. The van der Waals surface area contributed by atoms with Crippen LogP contribution >= 0.6 is 0 Å². The predicted octanol–water partition coefficient (Wildman–Crippen LogP) is 3.25. The number of rotatable bonds is 7. The fourth-order valence-corrected chi connectivity index (χ4v) is 1.77. The van der Waals surface area contributed by atoms with E-state index in [-0.39, 0.29) is 11.5 Å². The Morgan fingerprint density at radius 3 is 2.37 bits per heavy atom. The Bertz CT molecular complexity index is 417. The van der Waals surface area contributed by atoms with Gasteiger partial charge < -0.3 is 4.74 Å². The van der Waals surface area contributed by atoms with E-state index in [0.717, 1.165) is 18.7 Å². The van der Waals surface area contributed by atoms with Gasteiger partial charge in [-0.3, -0.25) is 5.32 Å². The topological polar surface area (TPSA) is 45.0 Å². The van der Waals surface area contributed by atoms with E-state index in [1.54, 1.807) is 0 Å². The predicted molar refractivity (Wildman–Crippen MR) is 78.3 cm³/mol. The average molecular weight is 260 g/mol. The molecule has 1 aromatic carbocycles. The minimum absolute atomic E-state index is 0.192. The number of hydrogen-bond donors (Lipinski definition) is 1. The summed E-state index contributed by atoms with van der Waals surface area (Å²) in [6.07, 6.45) is 1.10. The molecule has 0 aliphatic carbocycles. The lowest BCUT2D eigenvalue weighted by atomic mass is 9.82. The molecule has 3 nitrogen and oxygen atoms in total. The van der Waals surface area contributed by atoms with Crippen molar-refractivity contribution in [3.8, 4) is 11.8 Å². The first-order valence-electron chi connectivity index (χ1n) is 6.89. The van der Waals surface area contributed by atoms with Crippen molar-refractivity contribution in [1.82, 2.24) is 5.32 Å². The third kappa shape index (κ3) is 4.57. The summed E-state index contributed by atoms with van der Waals surface area (Å²) >= 11 is 0. The molecule has 1 atom stereocenters. The van der Waals surface area contributed by atoms with Crippen molar-refractivity contribution in [3.63, 3.8) is 0 Å². The molecule has 3 heteroatoms. The maximum Gasteiger partial charge on any atom is 0.130 e. The minimum atomic E-state index is -0.253. The van der Waals surface area contributed by atoms with Crippen molar-refractivity contribution in [3.05, 3.63) is 29.8 Å². The van der Waals surface area contributed by atoms with Crippen LogP contribution in [0.5, 0.6) is 5.75 Å². The van der Waals surface area contributed by atoms with Crippen molar-refractivity contribution in [2.45, 2.75) is 45.6 Å². The third-order valence-electron chi connectivity index (χ3n) is 3.54. The molecule has 0 radical (unpaired) electrons. The zero-order valence-corrected chi connectivity index (χ0v) is 12.4. The first kappa shape index (κ1) is 15.5. The Balaban J connectivity index is 2.60. The first-order chi connectivity index (χ1) is 9.03. The summed E-state index contributed by atoms with van der Waals surface area (Å²) < 4.78 is 5.63. The fraction of sp³-hybridized carbons (Fsp3) is 0.562. The smallest absolute Gasteiger partial charge is 0.130 e. The van der Waals surface area contributed by atoms with Gasteiger partial charge in [-0.2, -0.15) is 5.26 Å². The Morgan fingerprint density at radius 1 is 1.26 bits per heavy atom. The van der Waals surface area contributed by atoms with Crippen LogP contribution < -0.4 is 10.1 Å². The Morgan fingerprint density at radius 2 is 1.89 bits per heavy atom. The van der Waals surface area contributed by atoms with Crippen LogP contribution in [0.2, 0.25) is 0 Å². The standard InChI is InChI=1S/C16H24N2O/c1-5-16(3,4)13-7-9-15(10-8-13)19-12-14(11-17)18-6-2/h7-10,14,18H,5-6,12H2,1-4H3. The van der Waals surface area contributed by atoms with Crippen LogP contribution in [-0.2, 0) is 5.41 Å². The molecular weight excluding hydrogens is 236 g/mol. The SMILES string of the molecule is CCNC(C#N)COc1ccc(C(C)(C)CC)cc1. The number of nitriles is 1. The number of hydrogen-bond acceptors (Lipinski definition) is 3. The zero-order valence-electron chi connectivity index (χ0n) is 12.4. The minimum Gasteiger partial charge on any atom is -0.491 e. The number of nitrogens with zero attached hydrogens (tertiary/aromatic N) is 1. The van der Waals surface area contributed by atoms with Crippen LogP contribution in [0.3, 0.4) is 0 Å². The van der Waals surface area contributed by atoms with Gasteiger partial charge in [0, 0.05) is 0 Å². The van der Waals surface area contributed by atoms with E-state index >= 15 is 0 Å². The molecule has 19 heavy (non-hydrogen) atoms. The number of ether oxygens (including phenoxy) is 1. The van der Waals surface area contributed by atoms with Crippen molar-refractivity contribution in [2.24, 2.45) is 0 Å². The molecule has 0 aliphatic rings. The summed E-state index contributed by atoms with van der Waals surface area (Å²) in [5.41, 5.74) is 1.50. The largest absolute Gasteiger partial charge is 0.491 e. The summed E-state index contributed by atoms with van der Waals surface area (Å²) in [5, 5.41) is 12.0.